The van der Waals surface area contributed by atoms with Crippen molar-refractivity contribution in [2.24, 2.45) is 0 Å². The molecular formula is C12H23NO4. The molecule has 2 unspecified atom stereocenters. The van der Waals surface area contributed by atoms with Crippen LogP contribution < -0.4 is 5.32 Å². The molecule has 1 aliphatic rings. The Kier molecular flexibility index (Phi) is 6.47. The molecule has 1 rings (SSSR count). The van der Waals surface area contributed by atoms with E-state index < -0.39 is 6.29 Å². The summed E-state index contributed by atoms with van der Waals surface area (Å²) >= 11 is 0. The molecule has 0 aromatic heterocycles. The third-order valence-corrected chi connectivity index (χ3v) is 2.98. The van der Waals surface area contributed by atoms with Crippen molar-refractivity contribution < 1.29 is 19.0 Å². The predicted octanol–water partition coefficient (Wildman–Crippen LogP) is 1.07. The standard InChI is InChI=1S/C12H23NO4/c1-9(12(15-2)16-3)13-11(14)7-6-10-5-4-8-17-10/h9-10,12H,4-8H2,1-3H3,(H,13,14). The summed E-state index contributed by atoms with van der Waals surface area (Å²) in [6, 6.07) is -0.151. The Morgan fingerprint density at radius 2 is 2.18 bits per heavy atom. The third-order valence-electron chi connectivity index (χ3n) is 2.98. The number of hydrogen-bond donors (Lipinski definition) is 1. The zero-order chi connectivity index (χ0) is 12.7. The number of nitrogens with one attached hydrogen (secondary N) is 1. The van der Waals surface area contributed by atoms with Crippen LogP contribution in [-0.2, 0) is 19.0 Å². The SMILES string of the molecule is COC(OC)C(C)NC(=O)CCC1CCCO1. The Balaban J connectivity index is 2.18. The van der Waals surface area contributed by atoms with Gasteiger partial charge in [-0.15, -0.1) is 0 Å². The number of amides is 1. The van der Waals surface area contributed by atoms with Crippen LogP contribution in [-0.4, -0.2) is 45.2 Å². The van der Waals surface area contributed by atoms with Gasteiger partial charge in [-0.05, 0) is 26.2 Å². The second-order valence-corrected chi connectivity index (χ2v) is 4.37. The average Bonchev–Trinajstić information content (AvgIpc) is 2.81. The summed E-state index contributed by atoms with van der Waals surface area (Å²) in [5.41, 5.74) is 0. The fourth-order valence-corrected chi connectivity index (χ4v) is 2.06. The van der Waals surface area contributed by atoms with Gasteiger partial charge in [0, 0.05) is 27.2 Å². The highest BCUT2D eigenvalue weighted by Crippen LogP contribution is 2.16. The molecule has 17 heavy (non-hydrogen) atoms. The van der Waals surface area contributed by atoms with Gasteiger partial charge in [-0.2, -0.15) is 0 Å². The van der Waals surface area contributed by atoms with Crippen molar-refractivity contribution in [3.05, 3.63) is 0 Å². The number of rotatable bonds is 7. The minimum Gasteiger partial charge on any atom is -0.378 e. The van der Waals surface area contributed by atoms with Crippen LogP contribution in [0.3, 0.4) is 0 Å². The third kappa shape index (κ3) is 5.02. The quantitative estimate of drug-likeness (QED) is 0.682. The van der Waals surface area contributed by atoms with Crippen molar-refractivity contribution in [2.75, 3.05) is 20.8 Å². The first-order valence-corrected chi connectivity index (χ1v) is 6.14. The molecule has 0 aliphatic carbocycles. The Morgan fingerprint density at radius 3 is 2.71 bits per heavy atom. The average molecular weight is 245 g/mol. The highest BCUT2D eigenvalue weighted by Gasteiger charge is 2.20. The fraction of sp³-hybridized carbons (Fsp3) is 0.917. The summed E-state index contributed by atoms with van der Waals surface area (Å²) in [7, 11) is 3.12. The highest BCUT2D eigenvalue weighted by molar-refractivity contribution is 5.76. The van der Waals surface area contributed by atoms with Crippen LogP contribution in [0, 0.1) is 0 Å². The Morgan fingerprint density at radius 1 is 1.47 bits per heavy atom. The monoisotopic (exact) mass is 245 g/mol. The molecule has 1 saturated heterocycles. The first kappa shape index (κ1) is 14.4. The van der Waals surface area contributed by atoms with Gasteiger partial charge >= 0.3 is 0 Å². The van der Waals surface area contributed by atoms with E-state index in [0.29, 0.717) is 6.42 Å². The molecule has 0 aromatic carbocycles. The van der Waals surface area contributed by atoms with Gasteiger partial charge in [0.2, 0.25) is 5.91 Å². The van der Waals surface area contributed by atoms with E-state index in [1.54, 1.807) is 14.2 Å². The van der Waals surface area contributed by atoms with Crippen LogP contribution in [0.5, 0.6) is 0 Å². The van der Waals surface area contributed by atoms with Crippen molar-refractivity contribution in [3.63, 3.8) is 0 Å². The first-order valence-electron chi connectivity index (χ1n) is 6.14. The van der Waals surface area contributed by atoms with Crippen molar-refractivity contribution >= 4 is 5.91 Å². The van der Waals surface area contributed by atoms with Gasteiger partial charge in [0.25, 0.3) is 0 Å². The van der Waals surface area contributed by atoms with Gasteiger partial charge in [0.15, 0.2) is 6.29 Å². The van der Waals surface area contributed by atoms with E-state index in [1.807, 2.05) is 6.92 Å². The lowest BCUT2D eigenvalue weighted by Gasteiger charge is -2.22. The molecule has 1 fully saturated rings. The van der Waals surface area contributed by atoms with Crippen LogP contribution in [0.1, 0.15) is 32.6 Å². The summed E-state index contributed by atoms with van der Waals surface area (Å²) in [5, 5.41) is 2.86. The van der Waals surface area contributed by atoms with Gasteiger partial charge in [0.1, 0.15) is 0 Å². The van der Waals surface area contributed by atoms with Crippen LogP contribution in [0.4, 0.5) is 0 Å². The molecule has 5 heteroatoms. The predicted molar refractivity (Wildman–Crippen MR) is 63.6 cm³/mol. The van der Waals surface area contributed by atoms with Crippen LogP contribution in [0.25, 0.3) is 0 Å². The topological polar surface area (TPSA) is 56.8 Å². The molecule has 5 nitrogen and oxygen atoms in total. The summed E-state index contributed by atoms with van der Waals surface area (Å²) in [6.45, 7) is 2.69. The minimum absolute atomic E-state index is 0.0205. The minimum atomic E-state index is -0.401. The molecule has 0 spiro atoms. The molecule has 1 N–H and O–H groups in total. The number of hydrogen-bond acceptors (Lipinski definition) is 4. The highest BCUT2D eigenvalue weighted by atomic mass is 16.7. The Labute approximate surface area is 103 Å². The van der Waals surface area contributed by atoms with Gasteiger partial charge in [-0.1, -0.05) is 0 Å². The Bertz CT molecular complexity index is 225. The zero-order valence-electron chi connectivity index (χ0n) is 10.9. The molecule has 100 valence electrons. The van der Waals surface area contributed by atoms with E-state index in [-0.39, 0.29) is 18.1 Å². The van der Waals surface area contributed by atoms with Gasteiger partial charge in [-0.3, -0.25) is 4.79 Å². The van der Waals surface area contributed by atoms with E-state index in [0.717, 1.165) is 25.9 Å². The van der Waals surface area contributed by atoms with Crippen molar-refractivity contribution in [1.82, 2.24) is 5.32 Å². The van der Waals surface area contributed by atoms with Crippen molar-refractivity contribution in [2.45, 2.75) is 51.0 Å². The van der Waals surface area contributed by atoms with E-state index in [9.17, 15) is 4.79 Å². The summed E-state index contributed by atoms with van der Waals surface area (Å²) < 4.78 is 15.6. The molecular weight excluding hydrogens is 222 g/mol. The van der Waals surface area contributed by atoms with E-state index in [1.165, 1.54) is 0 Å². The summed E-state index contributed by atoms with van der Waals surface area (Å²) in [5.74, 6) is 0.0205. The van der Waals surface area contributed by atoms with Crippen LogP contribution in [0.15, 0.2) is 0 Å². The molecule has 1 aliphatic heterocycles. The molecule has 1 heterocycles. The molecule has 0 saturated carbocycles. The smallest absolute Gasteiger partial charge is 0.220 e. The lowest BCUT2D eigenvalue weighted by molar-refractivity contribution is -0.136. The second kappa shape index (κ2) is 7.63. The maximum absolute atomic E-state index is 11.7. The molecule has 0 bridgehead atoms. The zero-order valence-corrected chi connectivity index (χ0v) is 10.9. The van der Waals surface area contributed by atoms with Gasteiger partial charge in [-0.25, -0.2) is 0 Å². The van der Waals surface area contributed by atoms with Crippen LogP contribution in [0.2, 0.25) is 0 Å². The maximum Gasteiger partial charge on any atom is 0.220 e. The van der Waals surface area contributed by atoms with E-state index >= 15 is 0 Å². The number of ether oxygens (including phenoxy) is 3. The molecule has 0 radical (unpaired) electrons. The van der Waals surface area contributed by atoms with Crippen molar-refractivity contribution in [3.8, 4) is 0 Å². The van der Waals surface area contributed by atoms with Gasteiger partial charge < -0.3 is 19.5 Å². The first-order chi connectivity index (χ1) is 8.17. The Hall–Kier alpha value is -0.650. The van der Waals surface area contributed by atoms with Gasteiger partial charge in [0.05, 0.1) is 12.1 Å². The normalized spacial score (nSPS) is 21.8. The number of methoxy groups -OCH3 is 2. The number of carbonyl (C=O) groups excluding carboxylic acids is 1. The molecule has 1 amide bonds. The second-order valence-electron chi connectivity index (χ2n) is 4.37. The lowest BCUT2D eigenvalue weighted by atomic mass is 10.1. The molecule has 0 aromatic rings. The van der Waals surface area contributed by atoms with Crippen LogP contribution >= 0.6 is 0 Å². The summed E-state index contributed by atoms with van der Waals surface area (Å²) in [6.07, 6.45) is 3.33. The van der Waals surface area contributed by atoms with E-state index in [4.69, 9.17) is 14.2 Å². The fourth-order valence-electron chi connectivity index (χ4n) is 2.06. The maximum atomic E-state index is 11.7. The lowest BCUT2D eigenvalue weighted by Crippen LogP contribution is -2.43. The molecule has 2 atom stereocenters. The number of carbonyl (C=O) groups is 1. The largest absolute Gasteiger partial charge is 0.378 e. The van der Waals surface area contributed by atoms with E-state index in [2.05, 4.69) is 5.32 Å². The van der Waals surface area contributed by atoms with Crippen molar-refractivity contribution in [1.29, 1.82) is 0 Å². The summed E-state index contributed by atoms with van der Waals surface area (Å²) in [4.78, 5) is 11.7.